The minimum Gasteiger partial charge on any atom is -0.352 e. The van der Waals surface area contributed by atoms with E-state index in [0.717, 1.165) is 38.6 Å². The van der Waals surface area contributed by atoms with Crippen molar-refractivity contribution in [3.05, 3.63) is 24.4 Å². The van der Waals surface area contributed by atoms with Crippen molar-refractivity contribution in [2.45, 2.75) is 51.0 Å². The monoisotopic (exact) mass is 384 g/mol. The fourth-order valence-electron chi connectivity index (χ4n) is 3.89. The maximum atomic E-state index is 12.5. The number of amides is 2. The van der Waals surface area contributed by atoms with Gasteiger partial charge >= 0.3 is 0 Å². The van der Waals surface area contributed by atoms with Crippen LogP contribution in [0.3, 0.4) is 0 Å². The molecule has 1 aliphatic carbocycles. The van der Waals surface area contributed by atoms with Crippen molar-refractivity contribution in [3.8, 4) is 11.6 Å². The Morgan fingerprint density at radius 1 is 1.14 bits per heavy atom. The Morgan fingerprint density at radius 3 is 2.71 bits per heavy atom. The third kappa shape index (κ3) is 4.35. The molecule has 1 saturated carbocycles. The van der Waals surface area contributed by atoms with E-state index >= 15 is 0 Å². The van der Waals surface area contributed by atoms with Crippen molar-refractivity contribution in [3.63, 3.8) is 0 Å². The maximum absolute atomic E-state index is 12.5. The van der Waals surface area contributed by atoms with Crippen LogP contribution in [0.4, 0.5) is 0 Å². The van der Waals surface area contributed by atoms with E-state index in [4.69, 9.17) is 4.52 Å². The second kappa shape index (κ2) is 8.45. The van der Waals surface area contributed by atoms with Crippen molar-refractivity contribution < 1.29 is 14.1 Å². The normalized spacial score (nSPS) is 19.9. The summed E-state index contributed by atoms with van der Waals surface area (Å²) in [4.78, 5) is 39.0. The Hall–Kier alpha value is -2.84. The minimum atomic E-state index is -0.0733. The van der Waals surface area contributed by atoms with Crippen LogP contribution in [0.25, 0.3) is 11.6 Å². The predicted molar refractivity (Wildman–Crippen MR) is 98.7 cm³/mol. The summed E-state index contributed by atoms with van der Waals surface area (Å²) in [6.07, 6.45) is 8.94. The lowest BCUT2D eigenvalue weighted by molar-refractivity contribution is -0.134. The van der Waals surface area contributed by atoms with E-state index in [1.165, 1.54) is 0 Å². The van der Waals surface area contributed by atoms with Gasteiger partial charge in [0.25, 0.3) is 0 Å². The van der Waals surface area contributed by atoms with E-state index in [0.29, 0.717) is 30.5 Å². The largest absolute Gasteiger partial charge is 0.352 e. The second-order valence-electron chi connectivity index (χ2n) is 7.40. The molecule has 1 atom stereocenters. The molecule has 0 radical (unpaired) electrons. The van der Waals surface area contributed by atoms with Gasteiger partial charge in [-0.2, -0.15) is 4.98 Å². The van der Waals surface area contributed by atoms with Crippen LogP contribution in [0.5, 0.6) is 0 Å². The summed E-state index contributed by atoms with van der Waals surface area (Å²) in [5.74, 6) is 1.45. The Kier molecular flexibility index (Phi) is 5.59. The molecule has 0 spiro atoms. The van der Waals surface area contributed by atoms with Crippen LogP contribution in [0.15, 0.2) is 23.0 Å². The first-order valence-corrected chi connectivity index (χ1v) is 9.87. The number of rotatable bonds is 6. The lowest BCUT2D eigenvalue weighted by Gasteiger charge is -2.20. The number of likely N-dealkylation sites (tertiary alicyclic amines) is 1. The quantitative estimate of drug-likeness (QED) is 0.800. The molecule has 1 aliphatic heterocycles. The zero-order chi connectivity index (χ0) is 19.3. The first-order valence-electron chi connectivity index (χ1n) is 9.87. The standard InChI is InChI=1S/C19H24N6O3/c26-15(6-7-16-23-18(24-28-16)17-20-9-3-10-21-17)22-14-8-11-25(12-14)19(27)13-4-1-2-5-13/h3,9-10,13-14H,1-2,4-8,11-12H2,(H,22,26). The van der Waals surface area contributed by atoms with Crippen LogP contribution in [0.2, 0.25) is 0 Å². The zero-order valence-corrected chi connectivity index (χ0v) is 15.7. The third-order valence-electron chi connectivity index (χ3n) is 5.37. The molecule has 28 heavy (non-hydrogen) atoms. The number of carbonyl (C=O) groups is 2. The van der Waals surface area contributed by atoms with Gasteiger partial charge in [0.1, 0.15) is 0 Å². The summed E-state index contributed by atoms with van der Waals surface area (Å²) in [6, 6.07) is 1.73. The molecule has 2 aliphatic rings. The molecule has 2 fully saturated rings. The highest BCUT2D eigenvalue weighted by Crippen LogP contribution is 2.27. The smallest absolute Gasteiger partial charge is 0.240 e. The van der Waals surface area contributed by atoms with Gasteiger partial charge in [-0.15, -0.1) is 0 Å². The van der Waals surface area contributed by atoms with Gasteiger partial charge in [0.2, 0.25) is 29.4 Å². The fourth-order valence-corrected chi connectivity index (χ4v) is 3.89. The van der Waals surface area contributed by atoms with Crippen LogP contribution >= 0.6 is 0 Å². The Bertz CT molecular complexity index is 818. The summed E-state index contributed by atoms with van der Waals surface area (Å²) >= 11 is 0. The lowest BCUT2D eigenvalue weighted by Crippen LogP contribution is -2.39. The van der Waals surface area contributed by atoms with Gasteiger partial charge in [0.15, 0.2) is 0 Å². The second-order valence-corrected chi connectivity index (χ2v) is 7.40. The van der Waals surface area contributed by atoms with Crippen LogP contribution in [0.1, 0.15) is 44.4 Å². The number of aryl methyl sites for hydroxylation is 1. The van der Waals surface area contributed by atoms with E-state index in [2.05, 4.69) is 25.4 Å². The summed E-state index contributed by atoms with van der Waals surface area (Å²) in [6.45, 7) is 1.33. The molecule has 1 unspecified atom stereocenters. The molecule has 9 heteroatoms. The lowest BCUT2D eigenvalue weighted by atomic mass is 10.1. The van der Waals surface area contributed by atoms with Crippen molar-refractivity contribution in [2.24, 2.45) is 5.92 Å². The average molecular weight is 384 g/mol. The molecule has 4 rings (SSSR count). The number of aromatic nitrogens is 4. The molecule has 1 N–H and O–H groups in total. The van der Waals surface area contributed by atoms with E-state index < -0.39 is 0 Å². The van der Waals surface area contributed by atoms with Crippen LogP contribution < -0.4 is 5.32 Å². The Morgan fingerprint density at radius 2 is 1.93 bits per heavy atom. The fraction of sp³-hybridized carbons (Fsp3) is 0.579. The van der Waals surface area contributed by atoms with E-state index in [1.807, 2.05) is 4.90 Å². The molecule has 148 valence electrons. The molecule has 3 heterocycles. The van der Waals surface area contributed by atoms with Gasteiger partial charge in [-0.25, -0.2) is 9.97 Å². The maximum Gasteiger partial charge on any atom is 0.240 e. The number of hydrogen-bond acceptors (Lipinski definition) is 7. The summed E-state index contributed by atoms with van der Waals surface area (Å²) < 4.78 is 5.17. The van der Waals surface area contributed by atoms with Gasteiger partial charge < -0.3 is 14.7 Å². The molecule has 0 aromatic carbocycles. The topological polar surface area (TPSA) is 114 Å². The van der Waals surface area contributed by atoms with Gasteiger partial charge in [0.05, 0.1) is 0 Å². The minimum absolute atomic E-state index is 0.0221. The molecular weight excluding hydrogens is 360 g/mol. The third-order valence-corrected chi connectivity index (χ3v) is 5.37. The van der Waals surface area contributed by atoms with Crippen molar-refractivity contribution in [1.82, 2.24) is 30.3 Å². The van der Waals surface area contributed by atoms with Gasteiger partial charge in [-0.05, 0) is 25.3 Å². The molecule has 0 bridgehead atoms. The van der Waals surface area contributed by atoms with Crippen molar-refractivity contribution in [2.75, 3.05) is 13.1 Å². The Balaban J connectivity index is 1.22. The van der Waals surface area contributed by atoms with Crippen molar-refractivity contribution >= 4 is 11.8 Å². The van der Waals surface area contributed by atoms with Crippen LogP contribution in [-0.2, 0) is 16.0 Å². The SMILES string of the molecule is O=C(CCc1nc(-c2ncccn2)no1)NC1CCN(C(=O)C2CCCC2)C1. The summed E-state index contributed by atoms with van der Waals surface area (Å²) in [5, 5.41) is 6.86. The highest BCUT2D eigenvalue weighted by molar-refractivity contribution is 5.80. The molecule has 2 aromatic heterocycles. The summed E-state index contributed by atoms with van der Waals surface area (Å²) in [5.41, 5.74) is 0. The Labute approximate surface area is 162 Å². The molecule has 9 nitrogen and oxygen atoms in total. The predicted octanol–water partition coefficient (Wildman–Crippen LogP) is 1.37. The average Bonchev–Trinajstić information content (AvgIpc) is 3.48. The highest BCUT2D eigenvalue weighted by Gasteiger charge is 2.32. The molecule has 2 amide bonds. The first-order chi connectivity index (χ1) is 13.7. The van der Waals surface area contributed by atoms with Crippen LogP contribution in [0, 0.1) is 5.92 Å². The van der Waals surface area contributed by atoms with E-state index in [1.54, 1.807) is 18.5 Å². The number of nitrogens with zero attached hydrogens (tertiary/aromatic N) is 5. The van der Waals surface area contributed by atoms with E-state index in [-0.39, 0.29) is 30.2 Å². The van der Waals surface area contributed by atoms with Gasteiger partial charge in [-0.3, -0.25) is 9.59 Å². The molecular formula is C19H24N6O3. The first kappa shape index (κ1) is 18.5. The highest BCUT2D eigenvalue weighted by atomic mass is 16.5. The number of carbonyl (C=O) groups excluding carboxylic acids is 2. The number of hydrogen-bond donors (Lipinski definition) is 1. The zero-order valence-electron chi connectivity index (χ0n) is 15.7. The summed E-state index contributed by atoms with van der Waals surface area (Å²) in [7, 11) is 0. The van der Waals surface area contributed by atoms with E-state index in [9.17, 15) is 9.59 Å². The molecule has 1 saturated heterocycles. The number of nitrogens with one attached hydrogen (secondary N) is 1. The van der Waals surface area contributed by atoms with Gasteiger partial charge in [0, 0.05) is 50.3 Å². The van der Waals surface area contributed by atoms with Crippen molar-refractivity contribution in [1.29, 1.82) is 0 Å². The van der Waals surface area contributed by atoms with Crippen LogP contribution in [-0.4, -0.2) is 56.0 Å². The molecule has 2 aromatic rings. The van der Waals surface area contributed by atoms with Gasteiger partial charge in [-0.1, -0.05) is 18.0 Å².